The highest BCUT2D eigenvalue weighted by molar-refractivity contribution is 7.71. The number of nitro groups is 1. The van der Waals surface area contributed by atoms with E-state index in [1.165, 1.54) is 24.3 Å². The Kier molecular flexibility index (Phi) is 5.14. The van der Waals surface area contributed by atoms with E-state index in [9.17, 15) is 19.7 Å². The number of carbonyl (C=O) groups is 1. The van der Waals surface area contributed by atoms with Crippen molar-refractivity contribution in [2.24, 2.45) is 0 Å². The van der Waals surface area contributed by atoms with Crippen molar-refractivity contribution in [1.82, 2.24) is 9.55 Å². The first-order valence-corrected chi connectivity index (χ1v) is 8.89. The summed E-state index contributed by atoms with van der Waals surface area (Å²) >= 11 is 5.31. The van der Waals surface area contributed by atoms with E-state index in [4.69, 9.17) is 17.0 Å². The van der Waals surface area contributed by atoms with Gasteiger partial charge in [0.1, 0.15) is 5.82 Å². The number of carbonyl (C=O) groups excluding carboxylic acids is 1. The molecule has 9 nitrogen and oxygen atoms in total. The van der Waals surface area contributed by atoms with Crippen LogP contribution in [-0.2, 0) is 9.53 Å². The van der Waals surface area contributed by atoms with Gasteiger partial charge in [-0.1, -0.05) is 12.1 Å². The third-order valence-electron chi connectivity index (χ3n) is 4.19. The number of non-ortho nitro benzene ring substituents is 1. The second-order valence-electron chi connectivity index (χ2n) is 6.57. The molecule has 1 aliphatic heterocycles. The smallest absolute Gasteiger partial charge is 0.338 e. The van der Waals surface area contributed by atoms with Crippen molar-refractivity contribution in [2.45, 2.75) is 32.9 Å². The van der Waals surface area contributed by atoms with Crippen LogP contribution in [0.25, 0.3) is 0 Å². The molecule has 3 rings (SSSR count). The second-order valence-corrected chi connectivity index (χ2v) is 6.95. The molecule has 1 aromatic heterocycles. The minimum absolute atomic E-state index is 0.0776. The van der Waals surface area contributed by atoms with E-state index in [0.29, 0.717) is 17.1 Å². The third kappa shape index (κ3) is 3.58. The fraction of sp³-hybridized carbons (Fsp3) is 0.278. The summed E-state index contributed by atoms with van der Waals surface area (Å²) in [6.45, 7) is 5.13. The normalized spacial score (nSPS) is 15.8. The lowest BCUT2D eigenvalue weighted by Crippen LogP contribution is -2.32. The molecule has 28 heavy (non-hydrogen) atoms. The van der Waals surface area contributed by atoms with Gasteiger partial charge in [0.25, 0.3) is 11.2 Å². The number of anilines is 1. The molecule has 1 atom stereocenters. The molecule has 2 heterocycles. The van der Waals surface area contributed by atoms with Gasteiger partial charge in [0.15, 0.2) is 4.77 Å². The number of allylic oxidation sites excluding steroid dienone is 1. The van der Waals surface area contributed by atoms with E-state index in [1.807, 2.05) is 0 Å². The highest BCUT2D eigenvalue weighted by Crippen LogP contribution is 2.37. The van der Waals surface area contributed by atoms with Gasteiger partial charge in [0.2, 0.25) is 0 Å². The summed E-state index contributed by atoms with van der Waals surface area (Å²) in [5.74, 6) is -0.195. The number of rotatable bonds is 4. The highest BCUT2D eigenvalue weighted by atomic mass is 32.1. The number of ether oxygens (including phenoxy) is 1. The fourth-order valence-corrected chi connectivity index (χ4v) is 3.42. The Morgan fingerprint density at radius 2 is 2.07 bits per heavy atom. The molecule has 0 spiro atoms. The molecule has 1 aliphatic rings. The minimum atomic E-state index is -0.799. The van der Waals surface area contributed by atoms with Gasteiger partial charge in [0, 0.05) is 23.9 Å². The number of nitrogens with one attached hydrogen (secondary N) is 2. The molecule has 0 fully saturated rings. The summed E-state index contributed by atoms with van der Waals surface area (Å²) in [7, 11) is 0. The zero-order valence-electron chi connectivity index (χ0n) is 15.4. The summed E-state index contributed by atoms with van der Waals surface area (Å²) in [6.07, 6.45) is -0.358. The van der Waals surface area contributed by atoms with Crippen molar-refractivity contribution in [1.29, 1.82) is 0 Å². The molecule has 1 aromatic carbocycles. The van der Waals surface area contributed by atoms with Crippen molar-refractivity contribution in [2.75, 3.05) is 5.32 Å². The predicted octanol–water partition coefficient (Wildman–Crippen LogP) is 3.05. The van der Waals surface area contributed by atoms with Crippen LogP contribution in [0.2, 0.25) is 0 Å². The Morgan fingerprint density at radius 1 is 1.36 bits per heavy atom. The van der Waals surface area contributed by atoms with Crippen LogP contribution >= 0.6 is 12.2 Å². The van der Waals surface area contributed by atoms with Crippen molar-refractivity contribution in [3.05, 3.63) is 72.4 Å². The molecule has 10 heteroatoms. The number of H-pyrrole nitrogens is 1. The Hall–Kier alpha value is -3.27. The van der Waals surface area contributed by atoms with Gasteiger partial charge >= 0.3 is 5.97 Å². The van der Waals surface area contributed by atoms with Crippen LogP contribution in [0, 0.1) is 14.9 Å². The lowest BCUT2D eigenvalue weighted by molar-refractivity contribution is -0.384. The van der Waals surface area contributed by atoms with Crippen LogP contribution in [0.15, 0.2) is 46.4 Å². The van der Waals surface area contributed by atoms with E-state index >= 15 is 0 Å². The summed E-state index contributed by atoms with van der Waals surface area (Å²) in [5, 5.41) is 14.2. The molecule has 2 aromatic rings. The van der Waals surface area contributed by atoms with Crippen LogP contribution in [0.1, 0.15) is 32.4 Å². The highest BCUT2D eigenvalue weighted by Gasteiger charge is 2.34. The summed E-state index contributed by atoms with van der Waals surface area (Å²) in [5.41, 5.74) is 0.674. The summed E-state index contributed by atoms with van der Waals surface area (Å²) in [6, 6.07) is 6.45. The van der Waals surface area contributed by atoms with Crippen LogP contribution in [0.4, 0.5) is 11.5 Å². The Bertz CT molecular complexity index is 1120. The van der Waals surface area contributed by atoms with Gasteiger partial charge in [-0.2, -0.15) is 0 Å². The largest absolute Gasteiger partial charge is 0.459 e. The molecule has 146 valence electrons. The molecule has 0 unspecified atom stereocenters. The van der Waals surface area contributed by atoms with Gasteiger partial charge in [-0.05, 0) is 38.6 Å². The van der Waals surface area contributed by atoms with Gasteiger partial charge in [-0.15, -0.1) is 0 Å². The number of nitrogens with zero attached hydrogens (tertiary/aromatic N) is 2. The summed E-state index contributed by atoms with van der Waals surface area (Å²) in [4.78, 5) is 37.9. The number of hydrogen-bond acceptors (Lipinski definition) is 7. The van der Waals surface area contributed by atoms with Gasteiger partial charge in [-0.25, -0.2) is 4.79 Å². The lowest BCUT2D eigenvalue weighted by atomic mass is 9.94. The van der Waals surface area contributed by atoms with Crippen LogP contribution in [0.5, 0.6) is 0 Å². The van der Waals surface area contributed by atoms with Crippen molar-refractivity contribution < 1.29 is 14.5 Å². The SMILES string of the molecule is CC1=C(C(=O)OC(C)C)[C@@H](c2cccc([N+](=O)[O-])c2)n2c(cc(=O)[nH]c2=S)N1. The van der Waals surface area contributed by atoms with E-state index in [2.05, 4.69) is 10.3 Å². The molecule has 0 aliphatic carbocycles. The van der Waals surface area contributed by atoms with Crippen molar-refractivity contribution >= 4 is 29.7 Å². The van der Waals surface area contributed by atoms with E-state index in [-0.39, 0.29) is 22.1 Å². The molecule has 0 amide bonds. The minimum Gasteiger partial charge on any atom is -0.459 e. The number of benzene rings is 1. The van der Waals surface area contributed by atoms with Crippen molar-refractivity contribution in [3.8, 4) is 0 Å². The molecule has 0 saturated heterocycles. The maximum atomic E-state index is 12.8. The third-order valence-corrected chi connectivity index (χ3v) is 4.49. The average Bonchev–Trinajstić information content (AvgIpc) is 2.59. The molecular formula is C18H18N4O5S. The van der Waals surface area contributed by atoms with Crippen LogP contribution in [-0.4, -0.2) is 26.5 Å². The Balaban J connectivity index is 2.29. The lowest BCUT2D eigenvalue weighted by Gasteiger charge is -2.32. The van der Waals surface area contributed by atoms with E-state index in [1.54, 1.807) is 31.4 Å². The average molecular weight is 402 g/mol. The topological polar surface area (TPSA) is 119 Å². The summed E-state index contributed by atoms with van der Waals surface area (Å²) < 4.78 is 7.00. The van der Waals surface area contributed by atoms with Crippen LogP contribution < -0.4 is 10.9 Å². The van der Waals surface area contributed by atoms with Gasteiger partial charge in [-0.3, -0.25) is 24.5 Å². The zero-order chi connectivity index (χ0) is 20.6. The first-order valence-electron chi connectivity index (χ1n) is 8.48. The number of nitro benzene ring substituents is 1. The van der Waals surface area contributed by atoms with E-state index < -0.39 is 22.5 Å². The number of aromatic nitrogens is 2. The standard InChI is InChI=1S/C18H18N4O5S/c1-9(2)27-17(24)15-10(3)19-13-8-14(23)20-18(28)21(13)16(15)11-5-4-6-12(7-11)22(25)26/h4-9,16,19H,1-3H3,(H,20,23,28)/t16-/m1/s1. The quantitative estimate of drug-likeness (QED) is 0.349. The Morgan fingerprint density at radius 3 is 2.71 bits per heavy atom. The first-order chi connectivity index (χ1) is 13.2. The van der Waals surface area contributed by atoms with Gasteiger partial charge < -0.3 is 10.1 Å². The molecular weight excluding hydrogens is 384 g/mol. The predicted molar refractivity (Wildman–Crippen MR) is 105 cm³/mol. The Labute approximate surface area is 164 Å². The first kappa shape index (κ1) is 19.5. The number of esters is 1. The maximum absolute atomic E-state index is 12.8. The number of aromatic amines is 1. The molecule has 0 bridgehead atoms. The van der Waals surface area contributed by atoms with Crippen LogP contribution in [0.3, 0.4) is 0 Å². The fourth-order valence-electron chi connectivity index (χ4n) is 3.12. The second kappa shape index (κ2) is 7.39. The maximum Gasteiger partial charge on any atom is 0.338 e. The zero-order valence-corrected chi connectivity index (χ0v) is 16.2. The van der Waals surface area contributed by atoms with Crippen molar-refractivity contribution in [3.63, 3.8) is 0 Å². The molecule has 0 radical (unpaired) electrons. The monoisotopic (exact) mass is 402 g/mol. The molecule has 0 saturated carbocycles. The van der Waals surface area contributed by atoms with Gasteiger partial charge in [0.05, 0.1) is 22.6 Å². The number of fused-ring (bicyclic) bond motifs is 1. The molecule has 2 N–H and O–H groups in total. The number of hydrogen-bond donors (Lipinski definition) is 2. The van der Waals surface area contributed by atoms with E-state index in [0.717, 1.165) is 0 Å².